The molecule has 19 heavy (non-hydrogen) atoms. The van der Waals surface area contributed by atoms with Crippen LogP contribution in [0, 0.1) is 0 Å². The number of aromatic nitrogens is 1. The van der Waals surface area contributed by atoms with E-state index in [-0.39, 0.29) is 6.04 Å². The van der Waals surface area contributed by atoms with E-state index in [1.54, 1.807) is 19.3 Å². The van der Waals surface area contributed by atoms with Gasteiger partial charge in [0, 0.05) is 31.5 Å². The molecule has 0 unspecified atom stereocenters. The Kier molecular flexibility index (Phi) is 5.89. The van der Waals surface area contributed by atoms with Crippen LogP contribution in [-0.4, -0.2) is 30.9 Å². The summed E-state index contributed by atoms with van der Waals surface area (Å²) in [5.41, 5.74) is 0.833. The minimum Gasteiger partial charge on any atom is -0.346 e. The number of halogens is 1. The van der Waals surface area contributed by atoms with Crippen LogP contribution in [0.15, 0.2) is 17.2 Å². The molecule has 0 fully saturated rings. The van der Waals surface area contributed by atoms with Crippen molar-refractivity contribution < 1.29 is 8.42 Å². The summed E-state index contributed by atoms with van der Waals surface area (Å²) in [5, 5.41) is 0. The monoisotopic (exact) mass is 306 g/mol. The largest absolute Gasteiger partial charge is 0.346 e. The van der Waals surface area contributed by atoms with Crippen molar-refractivity contribution in [2.45, 2.75) is 50.4 Å². The smallest absolute Gasteiger partial charge is 0.244 e. The Morgan fingerprint density at radius 1 is 1.42 bits per heavy atom. The summed E-state index contributed by atoms with van der Waals surface area (Å²) < 4.78 is 28.1. The highest BCUT2D eigenvalue weighted by atomic mass is 35.5. The molecule has 110 valence electrons. The first-order chi connectivity index (χ1) is 8.84. The molecule has 0 aliphatic heterocycles. The van der Waals surface area contributed by atoms with Crippen LogP contribution in [0.25, 0.3) is 0 Å². The lowest BCUT2D eigenvalue weighted by Crippen LogP contribution is -2.27. The molecule has 0 spiro atoms. The van der Waals surface area contributed by atoms with Gasteiger partial charge in [-0.3, -0.25) is 0 Å². The van der Waals surface area contributed by atoms with E-state index in [1.165, 1.54) is 4.31 Å². The van der Waals surface area contributed by atoms with Crippen molar-refractivity contribution >= 4 is 21.6 Å². The molecule has 0 saturated heterocycles. The third-order valence-electron chi connectivity index (χ3n) is 3.13. The van der Waals surface area contributed by atoms with Crippen molar-refractivity contribution in [3.63, 3.8) is 0 Å². The molecule has 0 radical (unpaired) electrons. The van der Waals surface area contributed by atoms with E-state index in [2.05, 4.69) is 0 Å². The standard InChI is InChI=1S/C13H23ClN2O2S/c1-5-6-7-15(4)19(17,18)13-8-12(9-14)16(10-13)11(2)3/h8,10-11H,5-7,9H2,1-4H3. The van der Waals surface area contributed by atoms with Gasteiger partial charge in [-0.1, -0.05) is 13.3 Å². The molecule has 0 atom stereocenters. The summed E-state index contributed by atoms with van der Waals surface area (Å²) in [6, 6.07) is 1.86. The topological polar surface area (TPSA) is 42.3 Å². The van der Waals surface area contributed by atoms with E-state index >= 15 is 0 Å². The molecule has 1 heterocycles. The molecule has 0 aromatic carbocycles. The minimum absolute atomic E-state index is 0.193. The van der Waals surface area contributed by atoms with Gasteiger partial charge in [-0.25, -0.2) is 12.7 Å². The summed E-state index contributed by atoms with van der Waals surface area (Å²) in [4.78, 5) is 0.329. The van der Waals surface area contributed by atoms with Crippen LogP contribution in [0.2, 0.25) is 0 Å². The van der Waals surface area contributed by atoms with Crippen molar-refractivity contribution in [1.82, 2.24) is 8.87 Å². The molecule has 0 saturated carbocycles. The van der Waals surface area contributed by atoms with Gasteiger partial charge in [-0.05, 0) is 26.3 Å². The van der Waals surface area contributed by atoms with Crippen LogP contribution < -0.4 is 0 Å². The molecule has 1 rings (SSSR count). The molecule has 1 aromatic heterocycles. The number of nitrogens with zero attached hydrogens (tertiary/aromatic N) is 2. The zero-order valence-electron chi connectivity index (χ0n) is 12.1. The van der Waals surface area contributed by atoms with Gasteiger partial charge in [-0.15, -0.1) is 11.6 Å². The highest BCUT2D eigenvalue weighted by Gasteiger charge is 2.23. The van der Waals surface area contributed by atoms with Crippen LogP contribution in [0.3, 0.4) is 0 Å². The number of alkyl halides is 1. The summed E-state index contributed by atoms with van der Waals surface area (Å²) in [6.07, 6.45) is 3.52. The van der Waals surface area contributed by atoms with Crippen molar-refractivity contribution in [2.75, 3.05) is 13.6 Å². The third kappa shape index (κ3) is 3.74. The Bertz CT molecular complexity index is 509. The second-order valence-corrected chi connectivity index (χ2v) is 7.29. The van der Waals surface area contributed by atoms with Gasteiger partial charge >= 0.3 is 0 Å². The second kappa shape index (κ2) is 6.77. The quantitative estimate of drug-likeness (QED) is 0.726. The molecule has 6 heteroatoms. The maximum atomic E-state index is 12.4. The Morgan fingerprint density at radius 3 is 2.47 bits per heavy atom. The maximum Gasteiger partial charge on any atom is 0.244 e. The van der Waals surface area contributed by atoms with E-state index < -0.39 is 10.0 Å². The molecular formula is C13H23ClN2O2S. The number of sulfonamides is 1. The molecule has 0 aliphatic carbocycles. The highest BCUT2D eigenvalue weighted by Crippen LogP contribution is 2.22. The van der Waals surface area contributed by atoms with Crippen LogP contribution in [0.4, 0.5) is 0 Å². The first kappa shape index (κ1) is 16.5. The van der Waals surface area contributed by atoms with Gasteiger partial charge in [0.15, 0.2) is 0 Å². The summed E-state index contributed by atoms with van der Waals surface area (Å²) in [7, 11) is -1.78. The first-order valence-electron chi connectivity index (χ1n) is 6.57. The van der Waals surface area contributed by atoms with Crippen LogP contribution in [0.5, 0.6) is 0 Å². The molecule has 0 bridgehead atoms. The van der Waals surface area contributed by atoms with E-state index in [0.717, 1.165) is 18.5 Å². The van der Waals surface area contributed by atoms with Crippen LogP contribution in [0.1, 0.15) is 45.3 Å². The van der Waals surface area contributed by atoms with E-state index in [0.29, 0.717) is 17.3 Å². The fourth-order valence-corrected chi connectivity index (χ4v) is 3.38. The van der Waals surface area contributed by atoms with Gasteiger partial charge in [-0.2, -0.15) is 0 Å². The SMILES string of the molecule is CCCCN(C)S(=O)(=O)c1cc(CCl)n(C(C)C)c1. The average molecular weight is 307 g/mol. The van der Waals surface area contributed by atoms with Gasteiger partial charge in [0.1, 0.15) is 4.90 Å². The number of rotatable bonds is 7. The number of hydrogen-bond acceptors (Lipinski definition) is 2. The van der Waals surface area contributed by atoms with Crippen molar-refractivity contribution in [1.29, 1.82) is 0 Å². The predicted molar refractivity (Wildman–Crippen MR) is 79.1 cm³/mol. The number of hydrogen-bond donors (Lipinski definition) is 0. The van der Waals surface area contributed by atoms with Crippen LogP contribution >= 0.6 is 11.6 Å². The van der Waals surface area contributed by atoms with Gasteiger partial charge in [0.05, 0.1) is 5.88 Å². The van der Waals surface area contributed by atoms with Crippen molar-refractivity contribution in [2.24, 2.45) is 0 Å². The fraction of sp³-hybridized carbons (Fsp3) is 0.692. The normalized spacial score (nSPS) is 12.6. The molecule has 0 aliphatic rings. The highest BCUT2D eigenvalue weighted by molar-refractivity contribution is 7.89. The average Bonchev–Trinajstić information content (AvgIpc) is 2.80. The van der Waals surface area contributed by atoms with Gasteiger partial charge in [0.25, 0.3) is 0 Å². The molecular weight excluding hydrogens is 284 g/mol. The molecule has 1 aromatic rings. The Labute approximate surface area is 121 Å². The Balaban J connectivity index is 3.08. The van der Waals surface area contributed by atoms with E-state index in [1.807, 2.05) is 25.3 Å². The van der Waals surface area contributed by atoms with Crippen molar-refractivity contribution in [3.8, 4) is 0 Å². The Morgan fingerprint density at radius 2 is 2.05 bits per heavy atom. The van der Waals surface area contributed by atoms with E-state index in [9.17, 15) is 8.42 Å². The summed E-state index contributed by atoms with van der Waals surface area (Å²) in [5.74, 6) is 0.312. The lowest BCUT2D eigenvalue weighted by atomic mass is 10.3. The van der Waals surface area contributed by atoms with Crippen LogP contribution in [-0.2, 0) is 15.9 Å². The lowest BCUT2D eigenvalue weighted by molar-refractivity contribution is 0.459. The minimum atomic E-state index is -3.40. The molecule has 0 N–H and O–H groups in total. The second-order valence-electron chi connectivity index (χ2n) is 4.98. The summed E-state index contributed by atoms with van der Waals surface area (Å²) >= 11 is 5.87. The third-order valence-corrected chi connectivity index (χ3v) is 5.23. The zero-order chi connectivity index (χ0) is 14.6. The summed E-state index contributed by atoms with van der Waals surface area (Å²) in [6.45, 7) is 6.60. The predicted octanol–water partition coefficient (Wildman–Crippen LogP) is 3.23. The molecule has 0 amide bonds. The Hall–Kier alpha value is -0.520. The fourth-order valence-electron chi connectivity index (χ4n) is 1.91. The lowest BCUT2D eigenvalue weighted by Gasteiger charge is -2.15. The first-order valence-corrected chi connectivity index (χ1v) is 8.55. The van der Waals surface area contributed by atoms with Gasteiger partial charge < -0.3 is 4.57 Å². The molecule has 4 nitrogen and oxygen atoms in total. The van der Waals surface area contributed by atoms with Gasteiger partial charge in [0.2, 0.25) is 10.0 Å². The maximum absolute atomic E-state index is 12.4. The van der Waals surface area contributed by atoms with E-state index in [4.69, 9.17) is 11.6 Å². The zero-order valence-corrected chi connectivity index (χ0v) is 13.6. The van der Waals surface area contributed by atoms with Crippen molar-refractivity contribution in [3.05, 3.63) is 18.0 Å². The number of unbranched alkanes of at least 4 members (excludes halogenated alkanes) is 1.